The minimum absolute atomic E-state index is 0.124. The first-order valence-corrected chi connectivity index (χ1v) is 24.3. The van der Waals surface area contributed by atoms with Gasteiger partial charge in [0.05, 0.1) is 0 Å². The molecule has 2 aromatic carbocycles. The number of hydrogen-bond donors (Lipinski definition) is 7. The molecule has 7 amide bonds. The third-order valence-electron chi connectivity index (χ3n) is 11.9. The molecule has 20 nitrogen and oxygen atoms in total. The van der Waals surface area contributed by atoms with E-state index in [0.717, 1.165) is 5.06 Å². The van der Waals surface area contributed by atoms with Crippen molar-refractivity contribution in [2.24, 2.45) is 0 Å². The van der Waals surface area contributed by atoms with Crippen LogP contribution in [0.2, 0.25) is 0 Å². The van der Waals surface area contributed by atoms with E-state index in [1.807, 2.05) is 0 Å². The zero-order valence-corrected chi connectivity index (χ0v) is 45.9. The van der Waals surface area contributed by atoms with Gasteiger partial charge in [0.15, 0.2) is 5.78 Å². The summed E-state index contributed by atoms with van der Waals surface area (Å²) in [6.07, 6.45) is -1.33. The molecular weight excluding hydrogens is 941 g/mol. The molecule has 1 saturated heterocycles. The number of rotatable bonds is 18. The number of esters is 1. The van der Waals surface area contributed by atoms with E-state index < -0.39 is 110 Å². The summed E-state index contributed by atoms with van der Waals surface area (Å²) in [5, 5.41) is 32.8. The number of nitrogens with one attached hydrogen (secondary N) is 7. The molecule has 0 bridgehead atoms. The van der Waals surface area contributed by atoms with Gasteiger partial charge in [-0.1, -0.05) is 54.6 Å². The van der Waals surface area contributed by atoms with E-state index in [2.05, 4.69) is 37.2 Å². The van der Waals surface area contributed by atoms with Crippen molar-refractivity contribution in [2.45, 2.75) is 206 Å². The van der Waals surface area contributed by atoms with Crippen LogP contribution in [-0.2, 0) is 54.7 Å². The highest BCUT2D eigenvalue weighted by Gasteiger charge is 2.58. The molecule has 1 radical (unpaired) electrons. The van der Waals surface area contributed by atoms with Crippen molar-refractivity contribution < 1.29 is 57.8 Å². The summed E-state index contributed by atoms with van der Waals surface area (Å²) in [7, 11) is 0. The maximum absolute atomic E-state index is 14.2. The third kappa shape index (κ3) is 16.8. The number of carbonyl (C=O) groups is 9. The summed E-state index contributed by atoms with van der Waals surface area (Å²) < 4.78 is 10.8. The Kier molecular flexibility index (Phi) is 18.7. The lowest BCUT2D eigenvalue weighted by Crippen LogP contribution is -2.74. The van der Waals surface area contributed by atoms with Crippen molar-refractivity contribution in [3.8, 4) is 0 Å². The van der Waals surface area contributed by atoms with Gasteiger partial charge in [-0.05, 0) is 143 Å². The van der Waals surface area contributed by atoms with Crippen LogP contribution in [0.1, 0.15) is 159 Å². The molecule has 1 aliphatic rings. The summed E-state index contributed by atoms with van der Waals surface area (Å²) in [5.41, 5.74) is -9.50. The van der Waals surface area contributed by atoms with Gasteiger partial charge in [0.2, 0.25) is 35.4 Å². The normalized spacial score (nSPS) is 17.0. The molecule has 1 heterocycles. The Hall–Kier alpha value is -6.41. The number of piperidine rings is 1. The van der Waals surface area contributed by atoms with Gasteiger partial charge in [0.25, 0.3) is 0 Å². The number of carbonyl (C=O) groups excluding carboxylic acids is 9. The number of nitrogens with zero attached hydrogens (tertiary/aromatic N) is 1. The van der Waals surface area contributed by atoms with Crippen LogP contribution in [-0.4, -0.2) is 121 Å². The van der Waals surface area contributed by atoms with Crippen LogP contribution in [0.15, 0.2) is 54.6 Å². The summed E-state index contributed by atoms with van der Waals surface area (Å²) >= 11 is 0. The maximum Gasteiger partial charge on any atom is 0.408 e. The van der Waals surface area contributed by atoms with Gasteiger partial charge in [-0.3, -0.25) is 33.6 Å². The fourth-order valence-electron chi connectivity index (χ4n) is 8.28. The Morgan fingerprint density at radius 3 is 1.53 bits per heavy atom. The molecule has 73 heavy (non-hydrogen) atoms. The first kappa shape index (κ1) is 60.9. The number of hydrogen-bond acceptors (Lipinski definition) is 12. The second kappa shape index (κ2) is 22.4. The summed E-state index contributed by atoms with van der Waals surface area (Å²) in [5.74, 6) is -5.71. The van der Waals surface area contributed by atoms with Crippen LogP contribution >= 0.6 is 0 Å². The summed E-state index contributed by atoms with van der Waals surface area (Å²) in [6.45, 7) is 27.7. The van der Waals surface area contributed by atoms with Crippen molar-refractivity contribution in [1.82, 2.24) is 42.3 Å². The molecule has 403 valence electrons. The Morgan fingerprint density at radius 1 is 0.562 bits per heavy atom. The first-order chi connectivity index (χ1) is 33.0. The fourth-order valence-corrected chi connectivity index (χ4v) is 8.28. The van der Waals surface area contributed by atoms with Crippen LogP contribution in [0.4, 0.5) is 4.79 Å². The molecule has 1 fully saturated rings. The van der Waals surface area contributed by atoms with E-state index in [-0.39, 0.29) is 25.0 Å². The van der Waals surface area contributed by atoms with Gasteiger partial charge in [-0.15, -0.1) is 10.3 Å². The highest BCUT2D eigenvalue weighted by Crippen LogP contribution is 2.43. The Labute approximate surface area is 429 Å². The molecule has 2 aromatic rings. The lowest BCUT2D eigenvalue weighted by molar-refractivity contribution is -0.295. The van der Waals surface area contributed by atoms with Crippen LogP contribution < -0.4 is 37.2 Å². The summed E-state index contributed by atoms with van der Waals surface area (Å²) in [6, 6.07) is 11.3. The van der Waals surface area contributed by atoms with Crippen molar-refractivity contribution in [2.75, 3.05) is 0 Å². The maximum atomic E-state index is 14.2. The fraction of sp³-hybridized carbons (Fsp3) is 0.604. The molecule has 7 N–H and O–H groups in total. The molecule has 1 aliphatic heterocycles. The smallest absolute Gasteiger partial charge is 0.408 e. The molecule has 0 aromatic heterocycles. The predicted molar refractivity (Wildman–Crippen MR) is 272 cm³/mol. The zero-order chi connectivity index (χ0) is 56.1. The van der Waals surface area contributed by atoms with E-state index in [4.69, 9.17) is 9.47 Å². The highest BCUT2D eigenvalue weighted by molar-refractivity contribution is 6.09. The average Bonchev–Trinajstić information content (AvgIpc) is 3.23. The van der Waals surface area contributed by atoms with Crippen LogP contribution in [0.5, 0.6) is 0 Å². The number of benzene rings is 2. The van der Waals surface area contributed by atoms with Crippen molar-refractivity contribution in [1.29, 1.82) is 0 Å². The highest BCUT2D eigenvalue weighted by atomic mass is 16.6. The number of ether oxygens (including phenoxy) is 2. The SMILES string of the molecule is C[C@H](NC(=O)C(C)(C)NC(=O)C(C)(C)NC(=O)[C@H](Cc1ccc(C(=O)c2ccccc2)cc1)NC(=O)C(C)(C)NC(=O)OC(C)(C)C)C(=O)NC1(C(=O)N[C@@H](C)C(=O)OC(C)(C)C)CC(C)(C)N([O])C(C)(C)C1. The predicted octanol–water partition coefficient (Wildman–Crippen LogP) is 4.24. The third-order valence-corrected chi connectivity index (χ3v) is 11.9. The molecule has 0 aliphatic carbocycles. The molecule has 3 atom stereocenters. The van der Waals surface area contributed by atoms with Crippen molar-refractivity contribution in [3.63, 3.8) is 0 Å². The molecule has 0 saturated carbocycles. The van der Waals surface area contributed by atoms with Gasteiger partial charge in [-0.2, -0.15) is 0 Å². The van der Waals surface area contributed by atoms with E-state index in [9.17, 15) is 48.4 Å². The van der Waals surface area contributed by atoms with E-state index in [1.54, 1.807) is 124 Å². The quantitative estimate of drug-likeness (QED) is 0.0816. The molecule has 20 heteroatoms. The van der Waals surface area contributed by atoms with Crippen LogP contribution in [0, 0.1) is 0 Å². The van der Waals surface area contributed by atoms with Gasteiger partial charge < -0.3 is 46.7 Å². The van der Waals surface area contributed by atoms with E-state index >= 15 is 0 Å². The Morgan fingerprint density at radius 2 is 1.03 bits per heavy atom. The number of amides is 7. The van der Waals surface area contributed by atoms with Gasteiger partial charge in [0.1, 0.15) is 51.5 Å². The number of ketones is 1. The standard InChI is InChI=1S/C53H79N8O12/c1-31(38(63)58-53(29-48(9,10)61(71)49(11,12)30-53)44(69)55-32(2)40(65)72-46(3,4)5)54-41(66)50(13,14)59-43(68)52(17,18)57-39(64)36(56-42(67)51(15,16)60-45(70)73-47(6,7)8)28-33-24-26-35(27-25-33)37(62)34-22-20-19-21-23-34/h19-27,31-32,36H,28-30H2,1-18H3,(H,54,66)(H,55,69)(H,56,67)(H,57,64)(H,58,63)(H,59,68)(H,60,70)/t31-,32-,36-/m0/s1. The molecule has 0 spiro atoms. The summed E-state index contributed by atoms with van der Waals surface area (Å²) in [4.78, 5) is 123. The van der Waals surface area contributed by atoms with Gasteiger partial charge in [-0.25, -0.2) is 9.59 Å². The minimum atomic E-state index is -1.75. The van der Waals surface area contributed by atoms with Gasteiger partial charge in [0, 0.05) is 28.6 Å². The lowest BCUT2D eigenvalue weighted by Gasteiger charge is -2.54. The lowest BCUT2D eigenvalue weighted by atomic mass is 9.69. The first-order valence-electron chi connectivity index (χ1n) is 24.3. The topological polar surface area (TPSA) is 279 Å². The van der Waals surface area contributed by atoms with Crippen LogP contribution in [0.3, 0.4) is 0 Å². The largest absolute Gasteiger partial charge is 0.458 e. The number of alkyl carbamates (subject to hydrolysis) is 1. The molecule has 3 rings (SSSR count). The zero-order valence-electron chi connectivity index (χ0n) is 45.9. The second-order valence-electron chi connectivity index (χ2n) is 23.8. The second-order valence-corrected chi connectivity index (χ2v) is 23.8. The van der Waals surface area contributed by atoms with E-state index in [0.29, 0.717) is 16.7 Å². The average molecular weight is 1020 g/mol. The Balaban J connectivity index is 1.83. The monoisotopic (exact) mass is 1020 g/mol. The van der Waals surface area contributed by atoms with Crippen molar-refractivity contribution in [3.05, 3.63) is 71.3 Å². The molecular formula is C53H79N8O12. The van der Waals surface area contributed by atoms with Crippen molar-refractivity contribution >= 4 is 53.3 Å². The number of hydroxylamine groups is 2. The minimum Gasteiger partial charge on any atom is -0.458 e. The van der Waals surface area contributed by atoms with Gasteiger partial charge >= 0.3 is 12.1 Å². The van der Waals surface area contributed by atoms with E-state index in [1.165, 1.54) is 55.4 Å². The van der Waals surface area contributed by atoms with Crippen LogP contribution in [0.25, 0.3) is 0 Å². The Bertz CT molecular complexity index is 2380. The molecule has 0 unspecified atom stereocenters.